The van der Waals surface area contributed by atoms with E-state index in [0.29, 0.717) is 5.75 Å². The van der Waals surface area contributed by atoms with Crippen molar-refractivity contribution in [1.82, 2.24) is 0 Å². The Kier molecular flexibility index (Phi) is 9.93. The number of aliphatic hydroxyl groups is 5. The number of ketones is 1. The van der Waals surface area contributed by atoms with Gasteiger partial charge in [-0.3, -0.25) is 4.79 Å². The Morgan fingerprint density at radius 3 is 2.16 bits per heavy atom. The lowest BCUT2D eigenvalue weighted by molar-refractivity contribution is -0.307. The van der Waals surface area contributed by atoms with Gasteiger partial charge in [0.2, 0.25) is 6.29 Å². The molecular weight excluding hydrogens is 580 g/mol. The Morgan fingerprint density at radius 2 is 1.53 bits per heavy atom. The molecule has 2 aliphatic rings. The zero-order valence-electron chi connectivity index (χ0n) is 22.8. The Bertz CT molecular complexity index is 1290. The van der Waals surface area contributed by atoms with Gasteiger partial charge in [-0.05, 0) is 31.2 Å². The van der Waals surface area contributed by atoms with Gasteiger partial charge in [-0.15, -0.1) is 0 Å². The minimum atomic E-state index is -1.79. The van der Waals surface area contributed by atoms with E-state index in [0.717, 1.165) is 12.1 Å². The number of phenols is 3. The van der Waals surface area contributed by atoms with Crippen LogP contribution in [0.5, 0.6) is 28.7 Å². The number of rotatable bonds is 9. The highest BCUT2D eigenvalue weighted by atomic mass is 16.7. The Labute approximate surface area is 243 Å². The molecule has 0 bridgehead atoms. The summed E-state index contributed by atoms with van der Waals surface area (Å²) >= 11 is 0. The molecule has 0 amide bonds. The Balaban J connectivity index is 1.38. The maximum Gasteiger partial charge on any atom is 0.338 e. The zero-order valence-corrected chi connectivity index (χ0v) is 22.8. The van der Waals surface area contributed by atoms with Crippen molar-refractivity contribution in [2.24, 2.45) is 0 Å². The molecule has 4 rings (SSSR count). The molecule has 16 nitrogen and oxygen atoms in total. The molecule has 2 fully saturated rings. The van der Waals surface area contributed by atoms with Crippen LogP contribution in [0.3, 0.4) is 0 Å². The number of ether oxygens (including phenoxy) is 6. The summed E-state index contributed by atoms with van der Waals surface area (Å²) in [6, 6.07) is 5.98. The quantitative estimate of drug-likeness (QED) is 0.0913. The number of Topliss-reactive ketones (excluding diaryl/α,β-unsaturated/α-hetero) is 1. The molecule has 236 valence electrons. The minimum absolute atomic E-state index is 0.0216. The number of phenolic OH excluding ortho intramolecular Hbond substituents is 3. The fourth-order valence-electron chi connectivity index (χ4n) is 4.43. The smallest absolute Gasteiger partial charge is 0.338 e. The molecule has 16 heteroatoms. The van der Waals surface area contributed by atoms with Crippen molar-refractivity contribution in [2.45, 2.75) is 62.2 Å². The number of hydrogen-bond donors (Lipinski definition) is 8. The van der Waals surface area contributed by atoms with Crippen LogP contribution in [0.2, 0.25) is 0 Å². The summed E-state index contributed by atoms with van der Waals surface area (Å²) in [6.07, 6.45) is -14.6. The largest absolute Gasteiger partial charge is 0.504 e. The van der Waals surface area contributed by atoms with Crippen molar-refractivity contribution in [3.63, 3.8) is 0 Å². The first-order valence-electron chi connectivity index (χ1n) is 12.9. The third-order valence-electron chi connectivity index (χ3n) is 6.90. The maximum atomic E-state index is 12.4. The molecular formula is C27H32O16. The van der Waals surface area contributed by atoms with E-state index in [4.69, 9.17) is 28.4 Å². The molecule has 2 saturated heterocycles. The van der Waals surface area contributed by atoms with Gasteiger partial charge >= 0.3 is 5.97 Å². The molecule has 2 heterocycles. The summed E-state index contributed by atoms with van der Waals surface area (Å²) in [5.41, 5.74) is -0.231. The number of esters is 1. The van der Waals surface area contributed by atoms with Gasteiger partial charge in [-0.25, -0.2) is 4.79 Å². The fraction of sp³-hybridized carbons (Fsp3) is 0.481. The van der Waals surface area contributed by atoms with Crippen molar-refractivity contribution in [2.75, 3.05) is 20.3 Å². The molecule has 0 spiro atoms. The second-order valence-corrected chi connectivity index (χ2v) is 9.87. The number of aliphatic hydroxyl groups excluding tert-OH is 5. The Hall–Kier alpha value is -3.74. The van der Waals surface area contributed by atoms with E-state index >= 15 is 0 Å². The summed E-state index contributed by atoms with van der Waals surface area (Å²) in [7, 11) is 1.39. The lowest BCUT2D eigenvalue weighted by Gasteiger charge is -2.41. The molecule has 8 N–H and O–H groups in total. The summed E-state index contributed by atoms with van der Waals surface area (Å²) in [5.74, 6) is -3.61. The number of benzene rings is 2. The van der Waals surface area contributed by atoms with Gasteiger partial charge in [0, 0.05) is 6.07 Å². The molecule has 9 atom stereocenters. The number of aromatic hydroxyl groups is 3. The van der Waals surface area contributed by atoms with E-state index in [1.807, 2.05) is 0 Å². The van der Waals surface area contributed by atoms with Gasteiger partial charge in [-0.2, -0.15) is 0 Å². The van der Waals surface area contributed by atoms with Crippen LogP contribution in [0.4, 0.5) is 0 Å². The van der Waals surface area contributed by atoms with Crippen LogP contribution in [-0.2, 0) is 18.9 Å². The average molecular weight is 613 g/mol. The van der Waals surface area contributed by atoms with Crippen molar-refractivity contribution in [1.29, 1.82) is 0 Å². The molecule has 0 unspecified atom stereocenters. The van der Waals surface area contributed by atoms with Crippen molar-refractivity contribution in [3.05, 3.63) is 41.5 Å². The SMILES string of the molecule is COc1ccc(C(C)=O)c(O[C@H]2O[C@H](CO[C@H]3OC[C@H](OC(=O)c4cc(O)c(O)c(O)c4)[C@H](O)[C@H]3O)[C@@H](O)[C@H](O)[C@H]2O)c1. The summed E-state index contributed by atoms with van der Waals surface area (Å²) in [6.45, 7) is 0.267. The first-order valence-corrected chi connectivity index (χ1v) is 12.9. The van der Waals surface area contributed by atoms with Gasteiger partial charge in [0.25, 0.3) is 0 Å². The molecule has 0 aliphatic carbocycles. The van der Waals surface area contributed by atoms with Crippen molar-refractivity contribution in [3.8, 4) is 28.7 Å². The monoisotopic (exact) mass is 612 g/mol. The first kappa shape index (κ1) is 32.2. The highest BCUT2D eigenvalue weighted by Crippen LogP contribution is 2.36. The van der Waals surface area contributed by atoms with Gasteiger partial charge in [0.1, 0.15) is 48.1 Å². The van der Waals surface area contributed by atoms with Crippen LogP contribution in [-0.4, -0.2) is 128 Å². The molecule has 0 saturated carbocycles. The van der Waals surface area contributed by atoms with Crippen LogP contribution in [0, 0.1) is 0 Å². The first-order chi connectivity index (χ1) is 20.3. The van der Waals surface area contributed by atoms with Gasteiger partial charge in [-0.1, -0.05) is 0 Å². The highest BCUT2D eigenvalue weighted by Gasteiger charge is 2.47. The summed E-state index contributed by atoms with van der Waals surface area (Å²) in [5, 5.41) is 81.0. The van der Waals surface area contributed by atoms with E-state index in [1.165, 1.54) is 32.2 Å². The number of methoxy groups -OCH3 is 1. The topological polar surface area (TPSA) is 251 Å². The minimum Gasteiger partial charge on any atom is -0.504 e. The molecule has 2 aliphatic heterocycles. The predicted octanol–water partition coefficient (Wildman–Crippen LogP) is -1.48. The average Bonchev–Trinajstić information content (AvgIpc) is 2.98. The molecule has 0 radical (unpaired) electrons. The van der Waals surface area contributed by atoms with E-state index in [1.54, 1.807) is 0 Å². The third kappa shape index (κ3) is 6.92. The molecule has 0 aromatic heterocycles. The van der Waals surface area contributed by atoms with Gasteiger partial charge < -0.3 is 69.3 Å². The number of carbonyl (C=O) groups is 2. The van der Waals surface area contributed by atoms with Gasteiger partial charge in [0.15, 0.2) is 35.4 Å². The second kappa shape index (κ2) is 13.3. The number of hydrogen-bond acceptors (Lipinski definition) is 16. The summed E-state index contributed by atoms with van der Waals surface area (Å²) < 4.78 is 32.3. The molecule has 2 aromatic carbocycles. The highest BCUT2D eigenvalue weighted by molar-refractivity contribution is 5.97. The standard InChI is InChI=1S/C27H32O16/c1-10(28)13-4-3-12(38-2)7-16(13)42-27-24(36)22(34)20(32)18(43-27)9-40-26-23(35)21(33)17(8-39-26)41-25(37)11-5-14(29)19(31)15(30)6-11/h3-7,17-18,20-24,26-27,29-36H,8-9H2,1-2H3/t17-,18+,20+,21-,22-,23+,24+,26+,27-/m0/s1. The summed E-state index contributed by atoms with van der Waals surface area (Å²) in [4.78, 5) is 24.5. The normalized spacial score (nSPS) is 30.8. The lowest BCUT2D eigenvalue weighted by Crippen LogP contribution is -2.61. The predicted molar refractivity (Wildman–Crippen MR) is 139 cm³/mol. The van der Waals surface area contributed by atoms with Crippen molar-refractivity contribution < 1.29 is 78.9 Å². The van der Waals surface area contributed by atoms with E-state index in [-0.39, 0.29) is 22.7 Å². The number of carbonyl (C=O) groups excluding carboxylic acids is 2. The lowest BCUT2D eigenvalue weighted by atomic mass is 9.99. The third-order valence-corrected chi connectivity index (χ3v) is 6.90. The van der Waals surface area contributed by atoms with Crippen molar-refractivity contribution >= 4 is 11.8 Å². The van der Waals surface area contributed by atoms with E-state index in [9.17, 15) is 50.4 Å². The van der Waals surface area contributed by atoms with E-state index < -0.39 is 91.7 Å². The Morgan fingerprint density at radius 1 is 0.884 bits per heavy atom. The molecule has 2 aromatic rings. The van der Waals surface area contributed by atoms with Crippen LogP contribution in [0.25, 0.3) is 0 Å². The van der Waals surface area contributed by atoms with E-state index in [2.05, 4.69) is 0 Å². The maximum absolute atomic E-state index is 12.4. The fourth-order valence-corrected chi connectivity index (χ4v) is 4.43. The second-order valence-electron chi connectivity index (χ2n) is 9.87. The molecule has 43 heavy (non-hydrogen) atoms. The van der Waals surface area contributed by atoms with Crippen LogP contribution >= 0.6 is 0 Å². The van der Waals surface area contributed by atoms with Gasteiger partial charge in [0.05, 0.1) is 31.5 Å². The van der Waals surface area contributed by atoms with Crippen LogP contribution in [0.1, 0.15) is 27.6 Å². The zero-order chi connectivity index (χ0) is 31.6. The van der Waals surface area contributed by atoms with Crippen LogP contribution in [0.15, 0.2) is 30.3 Å². The van der Waals surface area contributed by atoms with Crippen LogP contribution < -0.4 is 9.47 Å².